The average molecular weight is 271 g/mol. The highest BCUT2D eigenvalue weighted by atomic mass is 16.3. The summed E-state index contributed by atoms with van der Waals surface area (Å²) in [7, 11) is 0. The number of furan rings is 1. The summed E-state index contributed by atoms with van der Waals surface area (Å²) in [6, 6.07) is 15.3. The third-order valence-corrected chi connectivity index (χ3v) is 3.88. The van der Waals surface area contributed by atoms with Gasteiger partial charge in [0, 0.05) is 6.04 Å². The van der Waals surface area contributed by atoms with Gasteiger partial charge in [0.15, 0.2) is 0 Å². The Morgan fingerprint density at radius 3 is 2.35 bits per heavy atom. The Balaban J connectivity index is 1.95. The van der Waals surface area contributed by atoms with E-state index in [0.29, 0.717) is 6.04 Å². The monoisotopic (exact) mass is 271 g/mol. The first kappa shape index (κ1) is 14.9. The summed E-state index contributed by atoms with van der Waals surface area (Å²) < 4.78 is 5.45. The first-order chi connectivity index (χ1) is 9.49. The minimum absolute atomic E-state index is 0.163. The zero-order valence-electron chi connectivity index (χ0n) is 12.9. The third kappa shape index (κ3) is 3.73. The second-order valence-corrected chi connectivity index (χ2v) is 6.26. The molecule has 108 valence electrons. The first-order valence-corrected chi connectivity index (χ1v) is 7.34. The van der Waals surface area contributed by atoms with E-state index in [1.165, 1.54) is 5.56 Å². The molecule has 20 heavy (non-hydrogen) atoms. The lowest BCUT2D eigenvalue weighted by Gasteiger charge is -2.30. The molecule has 2 aromatic rings. The van der Waals surface area contributed by atoms with E-state index in [9.17, 15) is 0 Å². The standard InChI is InChI=1S/C18H25NO/c1-14(19-15(2)17-11-8-12-20-17)13-18(3,4)16-9-6-5-7-10-16/h5-12,14-15,19H,13H2,1-4H3/t14?,15-/m1/s1. The van der Waals surface area contributed by atoms with Crippen molar-refractivity contribution in [2.45, 2.75) is 51.6 Å². The molecule has 0 aliphatic rings. The molecule has 1 unspecified atom stereocenters. The average Bonchev–Trinajstić information content (AvgIpc) is 2.93. The van der Waals surface area contributed by atoms with Crippen LogP contribution in [-0.4, -0.2) is 6.04 Å². The molecular formula is C18H25NO. The van der Waals surface area contributed by atoms with Crippen LogP contribution in [0.3, 0.4) is 0 Å². The second-order valence-electron chi connectivity index (χ2n) is 6.26. The highest BCUT2D eigenvalue weighted by Crippen LogP contribution is 2.28. The van der Waals surface area contributed by atoms with E-state index in [4.69, 9.17) is 4.42 Å². The fraction of sp³-hybridized carbons (Fsp3) is 0.444. The molecule has 2 atom stereocenters. The molecule has 2 rings (SSSR count). The van der Waals surface area contributed by atoms with Crippen molar-refractivity contribution in [3.05, 3.63) is 60.1 Å². The van der Waals surface area contributed by atoms with Crippen molar-refractivity contribution < 1.29 is 4.42 Å². The topological polar surface area (TPSA) is 25.2 Å². The molecule has 0 fully saturated rings. The number of benzene rings is 1. The maximum Gasteiger partial charge on any atom is 0.120 e. The Bertz CT molecular complexity index is 501. The summed E-state index contributed by atoms with van der Waals surface area (Å²) in [5.41, 5.74) is 1.55. The second kappa shape index (κ2) is 6.27. The van der Waals surface area contributed by atoms with Crippen LogP contribution in [0.5, 0.6) is 0 Å². The van der Waals surface area contributed by atoms with Gasteiger partial charge in [-0.2, -0.15) is 0 Å². The van der Waals surface area contributed by atoms with Crippen LogP contribution in [0.15, 0.2) is 53.1 Å². The van der Waals surface area contributed by atoms with E-state index in [2.05, 4.69) is 63.3 Å². The lowest BCUT2D eigenvalue weighted by Crippen LogP contribution is -2.34. The largest absolute Gasteiger partial charge is 0.468 e. The van der Waals surface area contributed by atoms with Crippen molar-refractivity contribution in [2.24, 2.45) is 0 Å². The molecule has 1 heterocycles. The predicted octanol–water partition coefficient (Wildman–Crippen LogP) is 4.69. The lowest BCUT2D eigenvalue weighted by atomic mass is 9.79. The molecule has 2 heteroatoms. The van der Waals surface area contributed by atoms with Crippen molar-refractivity contribution in [1.82, 2.24) is 5.32 Å². The summed E-state index contributed by atoms with van der Waals surface area (Å²) >= 11 is 0. The van der Waals surface area contributed by atoms with E-state index < -0.39 is 0 Å². The van der Waals surface area contributed by atoms with Crippen LogP contribution in [0, 0.1) is 0 Å². The number of hydrogen-bond donors (Lipinski definition) is 1. The van der Waals surface area contributed by atoms with Crippen LogP contribution in [0.2, 0.25) is 0 Å². The summed E-state index contributed by atoms with van der Waals surface area (Å²) in [6.45, 7) is 8.99. The summed E-state index contributed by atoms with van der Waals surface area (Å²) in [4.78, 5) is 0. The van der Waals surface area contributed by atoms with E-state index in [-0.39, 0.29) is 11.5 Å². The quantitative estimate of drug-likeness (QED) is 0.824. The van der Waals surface area contributed by atoms with E-state index in [1.54, 1.807) is 6.26 Å². The Labute approximate surface area is 122 Å². The molecule has 0 amide bonds. The molecule has 0 aliphatic carbocycles. The van der Waals surface area contributed by atoms with Crippen molar-refractivity contribution in [3.63, 3.8) is 0 Å². The maximum atomic E-state index is 5.45. The number of nitrogens with one attached hydrogen (secondary N) is 1. The molecule has 1 N–H and O–H groups in total. The van der Waals surface area contributed by atoms with Crippen LogP contribution in [0.1, 0.15) is 51.5 Å². The van der Waals surface area contributed by atoms with Crippen LogP contribution < -0.4 is 5.32 Å². The molecular weight excluding hydrogens is 246 g/mol. The lowest BCUT2D eigenvalue weighted by molar-refractivity contribution is 0.341. The summed E-state index contributed by atoms with van der Waals surface area (Å²) in [5.74, 6) is 0.995. The molecule has 0 aliphatic heterocycles. The van der Waals surface area contributed by atoms with Crippen LogP contribution in [0.25, 0.3) is 0 Å². The zero-order valence-corrected chi connectivity index (χ0v) is 12.9. The Hall–Kier alpha value is -1.54. The molecule has 0 bridgehead atoms. The van der Waals surface area contributed by atoms with Gasteiger partial charge in [0.25, 0.3) is 0 Å². The van der Waals surface area contributed by atoms with Gasteiger partial charge in [0.1, 0.15) is 5.76 Å². The van der Waals surface area contributed by atoms with Gasteiger partial charge in [0.05, 0.1) is 12.3 Å². The van der Waals surface area contributed by atoms with Crippen LogP contribution in [-0.2, 0) is 5.41 Å². The predicted molar refractivity (Wildman–Crippen MR) is 83.8 cm³/mol. The molecule has 0 radical (unpaired) electrons. The number of hydrogen-bond acceptors (Lipinski definition) is 2. The highest BCUT2D eigenvalue weighted by Gasteiger charge is 2.24. The molecule has 0 spiro atoms. The maximum absolute atomic E-state index is 5.45. The Morgan fingerprint density at radius 1 is 1.05 bits per heavy atom. The SMILES string of the molecule is CC(CC(C)(C)c1ccccc1)N[C@H](C)c1ccco1. The first-order valence-electron chi connectivity index (χ1n) is 7.34. The minimum Gasteiger partial charge on any atom is -0.468 e. The molecule has 1 aromatic carbocycles. The van der Waals surface area contributed by atoms with Crippen LogP contribution >= 0.6 is 0 Å². The van der Waals surface area contributed by atoms with Gasteiger partial charge in [-0.05, 0) is 43.4 Å². The summed E-state index contributed by atoms with van der Waals surface area (Å²) in [5, 5.41) is 3.61. The van der Waals surface area contributed by atoms with Gasteiger partial charge in [-0.3, -0.25) is 0 Å². The molecule has 0 saturated carbocycles. The van der Waals surface area contributed by atoms with Gasteiger partial charge >= 0.3 is 0 Å². The zero-order chi connectivity index (χ0) is 14.6. The molecule has 2 nitrogen and oxygen atoms in total. The fourth-order valence-corrected chi connectivity index (χ4v) is 2.88. The minimum atomic E-state index is 0.163. The van der Waals surface area contributed by atoms with E-state index in [1.807, 2.05) is 12.1 Å². The highest BCUT2D eigenvalue weighted by molar-refractivity contribution is 5.23. The Kier molecular flexibility index (Phi) is 4.66. The smallest absolute Gasteiger partial charge is 0.120 e. The summed E-state index contributed by atoms with van der Waals surface area (Å²) in [6.07, 6.45) is 2.81. The van der Waals surface area contributed by atoms with Crippen LogP contribution in [0.4, 0.5) is 0 Å². The van der Waals surface area contributed by atoms with E-state index >= 15 is 0 Å². The van der Waals surface area contributed by atoms with Gasteiger partial charge in [-0.15, -0.1) is 0 Å². The number of rotatable bonds is 6. The van der Waals surface area contributed by atoms with Crippen molar-refractivity contribution in [1.29, 1.82) is 0 Å². The fourth-order valence-electron chi connectivity index (χ4n) is 2.88. The van der Waals surface area contributed by atoms with Gasteiger partial charge in [0.2, 0.25) is 0 Å². The third-order valence-electron chi connectivity index (χ3n) is 3.88. The normalized spacial score (nSPS) is 15.0. The van der Waals surface area contributed by atoms with Crippen molar-refractivity contribution in [3.8, 4) is 0 Å². The van der Waals surface area contributed by atoms with Crippen molar-refractivity contribution >= 4 is 0 Å². The molecule has 0 saturated heterocycles. The van der Waals surface area contributed by atoms with Gasteiger partial charge < -0.3 is 9.73 Å². The van der Waals surface area contributed by atoms with Crippen molar-refractivity contribution in [2.75, 3.05) is 0 Å². The van der Waals surface area contributed by atoms with E-state index in [0.717, 1.165) is 12.2 Å². The van der Waals surface area contributed by atoms with Gasteiger partial charge in [-0.1, -0.05) is 44.2 Å². The van der Waals surface area contributed by atoms with Gasteiger partial charge in [-0.25, -0.2) is 0 Å². The molecule has 1 aromatic heterocycles. The Morgan fingerprint density at radius 2 is 1.75 bits per heavy atom.